The molecule has 0 aliphatic carbocycles. The summed E-state index contributed by atoms with van der Waals surface area (Å²) in [6.45, 7) is 0. The highest BCUT2D eigenvalue weighted by molar-refractivity contribution is 7.26. The van der Waals surface area contributed by atoms with E-state index in [0.717, 1.165) is 99.9 Å². The molecule has 0 fully saturated rings. The van der Waals surface area contributed by atoms with E-state index < -0.39 is 0 Å². The van der Waals surface area contributed by atoms with Crippen LogP contribution >= 0.6 is 45.3 Å². The average molecular weight is 1160 g/mol. The fraction of sp³-hybridized carbons (Fsp3) is 0. The lowest BCUT2D eigenvalue weighted by Crippen LogP contribution is -2.09. The van der Waals surface area contributed by atoms with Gasteiger partial charge in [0.2, 0.25) is 0 Å². The Bertz CT molecular complexity index is 5520. The van der Waals surface area contributed by atoms with Crippen LogP contribution < -0.4 is 9.80 Å². The molecule has 9 heteroatoms. The molecule has 0 atom stereocenters. The first-order chi connectivity index (χ1) is 42.0. The van der Waals surface area contributed by atoms with Gasteiger partial charge < -0.3 is 23.1 Å². The Hall–Kier alpha value is -10.0. The zero-order chi connectivity index (χ0) is 55.4. The minimum Gasteiger partial charge on any atom is -0.456 e. The van der Waals surface area contributed by atoms with Crippen LogP contribution in [0.2, 0.25) is 0 Å². The molecular weight excluding hydrogens is 1120 g/mol. The number of hydrogen-bond acceptors (Lipinski definition) is 9. The summed E-state index contributed by atoms with van der Waals surface area (Å²) in [6, 6.07) is 92.6. The first-order valence-electron chi connectivity index (χ1n) is 28.3. The van der Waals surface area contributed by atoms with Crippen molar-refractivity contribution in [3.63, 3.8) is 0 Å². The molecule has 85 heavy (non-hydrogen) atoms. The first kappa shape index (κ1) is 47.5. The predicted octanol–water partition coefficient (Wildman–Crippen LogP) is 24.8. The van der Waals surface area contributed by atoms with E-state index in [2.05, 4.69) is 265 Å². The second-order valence-corrected chi connectivity index (χ2v) is 26.3. The molecule has 0 radical (unpaired) electrons. The molecule has 398 valence electrons. The van der Waals surface area contributed by atoms with Gasteiger partial charge in [-0.25, -0.2) is 0 Å². The number of anilines is 6. The van der Waals surface area contributed by atoms with Gasteiger partial charge >= 0.3 is 0 Å². The van der Waals surface area contributed by atoms with E-state index in [1.807, 2.05) is 45.3 Å². The van der Waals surface area contributed by atoms with Gasteiger partial charge in [-0.3, -0.25) is 0 Å². The summed E-state index contributed by atoms with van der Waals surface area (Å²) < 4.78 is 28.2. The Labute approximate surface area is 500 Å². The molecule has 0 saturated heterocycles. The van der Waals surface area contributed by atoms with Crippen LogP contribution in [0.1, 0.15) is 0 Å². The molecule has 19 aromatic rings. The lowest BCUT2D eigenvalue weighted by atomic mass is 10.1. The highest BCUT2D eigenvalue weighted by atomic mass is 32.1. The summed E-state index contributed by atoms with van der Waals surface area (Å²) >= 11 is 7.33. The molecule has 19 rings (SSSR count). The van der Waals surface area contributed by atoms with Gasteiger partial charge in [-0.15, -0.1) is 45.3 Å². The van der Waals surface area contributed by atoms with E-state index in [1.165, 1.54) is 81.4 Å². The molecule has 0 amide bonds. The van der Waals surface area contributed by atoms with Gasteiger partial charge in [0.25, 0.3) is 0 Å². The van der Waals surface area contributed by atoms with Crippen LogP contribution in [-0.4, -0.2) is 0 Å². The lowest BCUT2D eigenvalue weighted by molar-refractivity contribution is 0.662. The first-order valence-corrected chi connectivity index (χ1v) is 31.6. The quantitative estimate of drug-likeness (QED) is 0.152. The third-order valence-electron chi connectivity index (χ3n) is 17.1. The van der Waals surface area contributed by atoms with Gasteiger partial charge in [-0.1, -0.05) is 109 Å². The Morgan fingerprint density at radius 2 is 0.529 bits per heavy atom. The van der Waals surface area contributed by atoms with Gasteiger partial charge in [-0.2, -0.15) is 0 Å². The van der Waals surface area contributed by atoms with E-state index in [4.69, 9.17) is 13.3 Å². The maximum Gasteiger partial charge on any atom is 0.137 e. The predicted molar refractivity (Wildman–Crippen MR) is 365 cm³/mol. The van der Waals surface area contributed by atoms with Crippen molar-refractivity contribution in [2.75, 3.05) is 9.80 Å². The smallest absolute Gasteiger partial charge is 0.137 e. The van der Waals surface area contributed by atoms with Crippen LogP contribution in [-0.2, 0) is 0 Å². The fourth-order valence-corrected chi connectivity index (χ4v) is 17.4. The Morgan fingerprint density at radius 1 is 0.212 bits per heavy atom. The molecule has 0 spiro atoms. The van der Waals surface area contributed by atoms with E-state index in [0.29, 0.717) is 0 Å². The molecular formula is C76H42N2O3S4. The van der Waals surface area contributed by atoms with Crippen molar-refractivity contribution < 1.29 is 13.3 Å². The normalized spacial score (nSPS) is 12.2. The van der Waals surface area contributed by atoms with Crippen LogP contribution in [0.25, 0.3) is 147 Å². The average Bonchev–Trinajstić information content (AvgIpc) is 2.17. The lowest BCUT2D eigenvalue weighted by Gasteiger charge is -2.25. The SMILES string of the molecule is c1ccc2sc(-c3ccc(N(c4ccc5c(c4)oc4cc6c(cc45)oc4cc5c(cc46)oc4cc(N(c6ccc(-c7cc8ccccc8s7)cc6)c6ccc7c(c6)sc6ccccc67)ccc45)c4ccc5c(c4)sc4ccccc45)cc3)cc2c1. The summed E-state index contributed by atoms with van der Waals surface area (Å²) in [7, 11) is 0. The summed E-state index contributed by atoms with van der Waals surface area (Å²) in [5, 5.41) is 13.7. The van der Waals surface area contributed by atoms with Gasteiger partial charge in [0.1, 0.15) is 33.5 Å². The number of benzene rings is 12. The topological polar surface area (TPSA) is 45.9 Å². The van der Waals surface area contributed by atoms with E-state index in [1.54, 1.807) is 0 Å². The van der Waals surface area contributed by atoms with Gasteiger partial charge in [0.15, 0.2) is 0 Å². The molecule has 5 nitrogen and oxygen atoms in total. The maximum atomic E-state index is 6.89. The van der Waals surface area contributed by atoms with Crippen molar-refractivity contribution in [2.45, 2.75) is 0 Å². The molecule has 0 aliphatic rings. The van der Waals surface area contributed by atoms with Crippen molar-refractivity contribution in [1.29, 1.82) is 0 Å². The van der Waals surface area contributed by atoms with Gasteiger partial charge in [-0.05, 0) is 155 Å². The van der Waals surface area contributed by atoms with Crippen molar-refractivity contribution in [3.05, 3.63) is 255 Å². The number of fused-ring (bicyclic) bond motifs is 17. The third-order valence-corrected chi connectivity index (χ3v) is 21.7. The third kappa shape index (κ3) is 7.51. The Balaban J connectivity index is 0.697. The summed E-state index contributed by atoms with van der Waals surface area (Å²) in [5.41, 5.74) is 13.5. The summed E-state index contributed by atoms with van der Waals surface area (Å²) in [6.07, 6.45) is 0. The zero-order valence-corrected chi connectivity index (χ0v) is 48.3. The van der Waals surface area contributed by atoms with E-state index >= 15 is 0 Å². The molecule has 0 saturated carbocycles. The summed E-state index contributed by atoms with van der Waals surface area (Å²) in [4.78, 5) is 7.21. The fourth-order valence-electron chi connectivity index (χ4n) is 13.0. The maximum absolute atomic E-state index is 6.89. The second-order valence-electron chi connectivity index (χ2n) is 22.0. The van der Waals surface area contributed by atoms with E-state index in [-0.39, 0.29) is 0 Å². The molecule has 0 unspecified atom stereocenters. The van der Waals surface area contributed by atoms with Gasteiger partial charge in [0.05, 0.1) is 0 Å². The van der Waals surface area contributed by atoms with Crippen molar-refractivity contribution in [2.24, 2.45) is 0 Å². The molecule has 7 heterocycles. The largest absolute Gasteiger partial charge is 0.456 e. The Kier molecular flexibility index (Phi) is 10.2. The van der Waals surface area contributed by atoms with Crippen molar-refractivity contribution in [1.82, 2.24) is 0 Å². The minimum absolute atomic E-state index is 0.799. The molecule has 12 aromatic carbocycles. The monoisotopic (exact) mass is 1160 g/mol. The number of furan rings is 3. The zero-order valence-electron chi connectivity index (χ0n) is 45.0. The van der Waals surface area contributed by atoms with Crippen LogP contribution in [0, 0.1) is 0 Å². The molecule has 7 aromatic heterocycles. The Morgan fingerprint density at radius 3 is 0.941 bits per heavy atom. The van der Waals surface area contributed by atoms with Gasteiger partial charge in [0, 0.05) is 138 Å². The van der Waals surface area contributed by atoms with Crippen LogP contribution in [0.4, 0.5) is 34.1 Å². The number of nitrogens with zero attached hydrogens (tertiary/aromatic N) is 2. The number of rotatable bonds is 8. The standard InChI is InChI=1S/C76H42N2O3S4/c1-5-13-69-45(9-1)33-73(82-69)43-17-21-47(22-18-43)77(51-27-31-57-55-11-3-7-15-71(55)84-75(57)37-51)49-25-29-53-59-39-67-61(41-65(59)79-63(53)35-49)62-42-66-60(40-68(62)81-67)54-30-26-50(36-64(54)80-66)78(52-28-32-58-56-12-4-8-16-72(56)85-76(58)38-52)48-23-19-44(20-24-48)74-34-46-10-2-6-14-70(46)83-74/h1-42H. The summed E-state index contributed by atoms with van der Waals surface area (Å²) in [5.74, 6) is 0. The molecule has 0 N–H and O–H groups in total. The van der Waals surface area contributed by atoms with E-state index in [9.17, 15) is 0 Å². The molecule has 0 aliphatic heterocycles. The molecule has 0 bridgehead atoms. The highest BCUT2D eigenvalue weighted by Crippen LogP contribution is 2.48. The van der Waals surface area contributed by atoms with Crippen molar-refractivity contribution in [3.8, 4) is 20.9 Å². The number of hydrogen-bond donors (Lipinski definition) is 0. The van der Waals surface area contributed by atoms with Crippen LogP contribution in [0.5, 0.6) is 0 Å². The minimum atomic E-state index is 0.799. The number of thiophene rings is 4. The highest BCUT2D eigenvalue weighted by Gasteiger charge is 2.23. The van der Waals surface area contributed by atoms with Crippen molar-refractivity contribution >= 4 is 206 Å². The van der Waals surface area contributed by atoms with Crippen LogP contribution in [0.15, 0.2) is 268 Å². The second kappa shape index (κ2) is 18.2. The van der Waals surface area contributed by atoms with Crippen LogP contribution in [0.3, 0.4) is 0 Å².